The molecule has 0 unspecified atom stereocenters. The zero-order chi connectivity index (χ0) is 32.6. The molecular formula is C36H32Br2N6O2. The van der Waals surface area contributed by atoms with Crippen molar-refractivity contribution < 1.29 is 9.47 Å². The molecule has 0 fully saturated rings. The smallest absolute Gasteiger partial charge is 0.249 e. The van der Waals surface area contributed by atoms with Gasteiger partial charge in [-0.1, -0.05) is 121 Å². The number of halogens is 2. The summed E-state index contributed by atoms with van der Waals surface area (Å²) in [5, 5.41) is 0. The molecule has 2 aromatic heterocycles. The summed E-state index contributed by atoms with van der Waals surface area (Å²) in [7, 11) is 3.31. The Morgan fingerprint density at radius 2 is 0.913 bits per heavy atom. The molecule has 2 heterocycles. The van der Waals surface area contributed by atoms with Gasteiger partial charge < -0.3 is 15.2 Å². The van der Waals surface area contributed by atoms with Crippen molar-refractivity contribution in [3.63, 3.8) is 0 Å². The maximum absolute atomic E-state index is 5.64. The van der Waals surface area contributed by atoms with Gasteiger partial charge in [-0.05, 0) is 31.9 Å². The van der Waals surface area contributed by atoms with E-state index in [1.807, 2.05) is 121 Å². The molecule has 6 aromatic rings. The van der Waals surface area contributed by atoms with E-state index in [4.69, 9.17) is 15.2 Å². The van der Waals surface area contributed by atoms with Crippen LogP contribution in [0.2, 0.25) is 0 Å². The lowest BCUT2D eigenvalue weighted by Gasteiger charge is -2.31. The minimum Gasteiger partial charge on any atom is -0.368 e. The van der Waals surface area contributed by atoms with Crippen molar-refractivity contribution in [1.82, 2.24) is 19.9 Å². The largest absolute Gasteiger partial charge is 0.368 e. The molecule has 0 atom stereocenters. The van der Waals surface area contributed by atoms with Crippen LogP contribution in [0.5, 0.6) is 0 Å². The molecule has 0 amide bonds. The van der Waals surface area contributed by atoms with Crippen LogP contribution in [0.25, 0.3) is 0 Å². The first-order chi connectivity index (χ1) is 22.4. The summed E-state index contributed by atoms with van der Waals surface area (Å²) in [6.45, 7) is 0. The van der Waals surface area contributed by atoms with Crippen LogP contribution in [-0.4, -0.2) is 39.9 Å². The predicted octanol–water partition coefficient (Wildman–Crippen LogP) is 8.41. The van der Waals surface area contributed by atoms with Crippen molar-refractivity contribution in [2.45, 2.75) is 5.79 Å². The number of methoxy groups -OCH3 is 2. The molecular weight excluding hydrogens is 708 g/mol. The number of benzene rings is 4. The molecule has 6 rings (SSSR count). The Labute approximate surface area is 285 Å². The lowest BCUT2D eigenvalue weighted by atomic mass is 9.97. The number of nitrogen functional groups attached to an aromatic ring is 1. The first kappa shape index (κ1) is 34.3. The minimum atomic E-state index is -0.831. The van der Waals surface area contributed by atoms with Crippen LogP contribution in [0.1, 0.15) is 22.3 Å². The second-order valence-corrected chi connectivity index (χ2v) is 11.2. The van der Waals surface area contributed by atoms with E-state index >= 15 is 0 Å². The highest BCUT2D eigenvalue weighted by Crippen LogP contribution is 2.33. The molecule has 0 aliphatic heterocycles. The molecule has 0 bridgehead atoms. The molecule has 2 N–H and O–H groups in total. The molecule has 0 spiro atoms. The fourth-order valence-electron chi connectivity index (χ4n) is 4.31. The topological polar surface area (TPSA) is 108 Å². The standard InChI is InChI=1S/C17H12BrN3.C15H16O2.C4H4BrN3/c18-15-11-19-17(20-12-15)21-16(13-7-3-1-4-8-13)14-9-5-2-6-10-14;1-16-15(17-2,13-9-5-3-6-10-13)14-11-7-4-8-12-14;5-3-1-7-4(6)8-2-3/h1-12H;3-12H,1-2H3;1-2H,(H2,6,7,8). The second-order valence-electron chi connectivity index (χ2n) is 9.41. The van der Waals surface area contributed by atoms with Gasteiger partial charge in [0.1, 0.15) is 0 Å². The lowest BCUT2D eigenvalue weighted by Crippen LogP contribution is -2.32. The van der Waals surface area contributed by atoms with E-state index in [1.54, 1.807) is 39.0 Å². The molecule has 8 nitrogen and oxygen atoms in total. The summed E-state index contributed by atoms with van der Waals surface area (Å²) in [6, 6.07) is 40.0. The third-order valence-corrected chi connectivity index (χ3v) is 7.25. The van der Waals surface area contributed by atoms with Gasteiger partial charge in [-0.2, -0.15) is 0 Å². The van der Waals surface area contributed by atoms with Gasteiger partial charge in [0.15, 0.2) is 0 Å². The summed E-state index contributed by atoms with van der Waals surface area (Å²) in [4.78, 5) is 20.5. The van der Waals surface area contributed by atoms with Crippen molar-refractivity contribution in [1.29, 1.82) is 0 Å². The van der Waals surface area contributed by atoms with Crippen LogP contribution in [0.4, 0.5) is 11.9 Å². The average Bonchev–Trinajstić information content (AvgIpc) is 3.12. The Hall–Kier alpha value is -4.61. The number of hydrogen-bond donors (Lipinski definition) is 1. The Kier molecular flexibility index (Phi) is 13.2. The van der Waals surface area contributed by atoms with E-state index in [0.717, 1.165) is 36.9 Å². The van der Waals surface area contributed by atoms with Crippen LogP contribution in [0.3, 0.4) is 0 Å². The quantitative estimate of drug-likeness (QED) is 0.129. The van der Waals surface area contributed by atoms with Gasteiger partial charge in [0.05, 0.1) is 14.7 Å². The number of hydrogen-bond acceptors (Lipinski definition) is 8. The van der Waals surface area contributed by atoms with Crippen molar-refractivity contribution in [3.05, 3.63) is 177 Å². The number of nitrogens with zero attached hydrogens (tertiary/aromatic N) is 5. The van der Waals surface area contributed by atoms with Gasteiger partial charge in [0, 0.05) is 61.3 Å². The number of aromatic nitrogens is 4. The number of aliphatic imine (C=N–C) groups is 1. The highest BCUT2D eigenvalue weighted by Gasteiger charge is 2.34. The highest BCUT2D eigenvalue weighted by atomic mass is 79.9. The third kappa shape index (κ3) is 9.69. The van der Waals surface area contributed by atoms with Crippen molar-refractivity contribution in [2.75, 3.05) is 20.0 Å². The molecule has 46 heavy (non-hydrogen) atoms. The summed E-state index contributed by atoms with van der Waals surface area (Å²) < 4.78 is 12.9. The zero-order valence-corrected chi connectivity index (χ0v) is 28.4. The molecule has 10 heteroatoms. The molecule has 4 aromatic carbocycles. The lowest BCUT2D eigenvalue weighted by molar-refractivity contribution is -0.183. The Morgan fingerprint density at radius 1 is 0.565 bits per heavy atom. The monoisotopic (exact) mass is 738 g/mol. The fourth-order valence-corrected chi connectivity index (χ4v) is 4.72. The van der Waals surface area contributed by atoms with Gasteiger partial charge in [0.2, 0.25) is 17.7 Å². The van der Waals surface area contributed by atoms with Gasteiger partial charge >= 0.3 is 0 Å². The number of anilines is 1. The van der Waals surface area contributed by atoms with Crippen molar-refractivity contribution >= 4 is 49.5 Å². The molecule has 0 radical (unpaired) electrons. The van der Waals surface area contributed by atoms with Gasteiger partial charge in [-0.3, -0.25) is 0 Å². The van der Waals surface area contributed by atoms with E-state index in [-0.39, 0.29) is 0 Å². The minimum absolute atomic E-state index is 0.299. The first-order valence-electron chi connectivity index (χ1n) is 14.1. The van der Waals surface area contributed by atoms with Crippen LogP contribution in [-0.2, 0) is 15.3 Å². The van der Waals surface area contributed by atoms with E-state index < -0.39 is 5.79 Å². The summed E-state index contributed by atoms with van der Waals surface area (Å²) >= 11 is 6.49. The maximum Gasteiger partial charge on any atom is 0.249 e. The summed E-state index contributed by atoms with van der Waals surface area (Å²) in [6.07, 6.45) is 6.59. The Bertz CT molecular complexity index is 1650. The van der Waals surface area contributed by atoms with Gasteiger partial charge in [-0.15, -0.1) is 0 Å². The van der Waals surface area contributed by atoms with Crippen LogP contribution >= 0.6 is 31.9 Å². The molecule has 0 aliphatic rings. The SMILES string of the molecule is Brc1cnc(N=C(c2ccccc2)c2ccccc2)nc1.COC(OC)(c1ccccc1)c1ccccc1.Nc1ncc(Br)cn1. The van der Waals surface area contributed by atoms with Crippen LogP contribution in [0.15, 0.2) is 160 Å². The van der Waals surface area contributed by atoms with E-state index in [9.17, 15) is 0 Å². The van der Waals surface area contributed by atoms with Gasteiger partial charge in [0.25, 0.3) is 0 Å². The fraction of sp³-hybridized carbons (Fsp3) is 0.0833. The van der Waals surface area contributed by atoms with E-state index in [2.05, 4.69) is 56.8 Å². The Morgan fingerprint density at radius 3 is 1.26 bits per heavy atom. The second kappa shape index (κ2) is 17.8. The molecule has 232 valence electrons. The maximum atomic E-state index is 5.64. The Balaban J connectivity index is 0.000000172. The summed E-state index contributed by atoms with van der Waals surface area (Å²) in [5.41, 5.74) is 10.1. The van der Waals surface area contributed by atoms with Gasteiger partial charge in [-0.25, -0.2) is 24.9 Å². The number of ether oxygens (including phenoxy) is 2. The van der Waals surface area contributed by atoms with Crippen molar-refractivity contribution in [3.8, 4) is 0 Å². The van der Waals surface area contributed by atoms with Crippen molar-refractivity contribution in [2.24, 2.45) is 4.99 Å². The molecule has 0 saturated heterocycles. The third-order valence-electron chi connectivity index (χ3n) is 6.44. The number of rotatable bonds is 7. The number of nitrogens with two attached hydrogens (primary N) is 1. The van der Waals surface area contributed by atoms with E-state index in [1.165, 1.54) is 0 Å². The predicted molar refractivity (Wildman–Crippen MR) is 190 cm³/mol. The first-order valence-corrected chi connectivity index (χ1v) is 15.6. The van der Waals surface area contributed by atoms with E-state index in [0.29, 0.717) is 11.9 Å². The molecule has 0 saturated carbocycles. The highest BCUT2D eigenvalue weighted by molar-refractivity contribution is 9.10. The molecule has 0 aliphatic carbocycles. The summed E-state index contributed by atoms with van der Waals surface area (Å²) in [5.74, 6) is -0.0863. The zero-order valence-electron chi connectivity index (χ0n) is 25.2. The van der Waals surface area contributed by atoms with Crippen LogP contribution < -0.4 is 5.73 Å². The van der Waals surface area contributed by atoms with Crippen LogP contribution in [0, 0.1) is 0 Å². The normalized spacial score (nSPS) is 10.4. The average molecular weight is 740 g/mol.